The lowest BCUT2D eigenvalue weighted by Gasteiger charge is -1.99. The molecule has 0 radical (unpaired) electrons. The molecule has 1 aromatic carbocycles. The second-order valence-corrected chi connectivity index (χ2v) is 3.64. The molecule has 1 aromatic rings. The van der Waals surface area contributed by atoms with E-state index in [0.717, 1.165) is 15.7 Å². The number of rotatable bonds is 3. The van der Waals surface area contributed by atoms with Crippen molar-refractivity contribution in [1.82, 2.24) is 0 Å². The van der Waals surface area contributed by atoms with Crippen LogP contribution in [0.2, 0.25) is 0 Å². The molecule has 0 spiro atoms. The van der Waals surface area contributed by atoms with Gasteiger partial charge in [-0.1, -0.05) is 34.1 Å². The van der Waals surface area contributed by atoms with E-state index in [1.807, 2.05) is 31.2 Å². The number of aliphatic imine (C=N–C) groups is 1. The minimum atomic E-state index is 0.682. The van der Waals surface area contributed by atoms with E-state index in [9.17, 15) is 0 Å². The van der Waals surface area contributed by atoms with Crippen LogP contribution in [0.1, 0.15) is 12.5 Å². The van der Waals surface area contributed by atoms with Crippen LogP contribution >= 0.6 is 15.9 Å². The molecule has 0 N–H and O–H groups in total. The molecule has 0 aliphatic heterocycles. The molecule has 0 amide bonds. The third-order valence-corrected chi connectivity index (χ3v) is 2.25. The van der Waals surface area contributed by atoms with Crippen molar-refractivity contribution in [2.24, 2.45) is 4.99 Å². The van der Waals surface area contributed by atoms with Gasteiger partial charge in [-0.3, -0.25) is 4.99 Å². The topological polar surface area (TPSA) is 12.4 Å². The quantitative estimate of drug-likeness (QED) is 0.565. The van der Waals surface area contributed by atoms with Crippen LogP contribution in [0.25, 0.3) is 0 Å². The van der Waals surface area contributed by atoms with Crippen LogP contribution in [0, 0.1) is 0 Å². The number of hydrogen-bond donors (Lipinski definition) is 0. The van der Waals surface area contributed by atoms with E-state index >= 15 is 0 Å². The highest BCUT2D eigenvalue weighted by molar-refractivity contribution is 9.10. The predicted octanol–water partition coefficient (Wildman–Crippen LogP) is 3.44. The molecule has 0 heterocycles. The summed E-state index contributed by atoms with van der Waals surface area (Å²) in [5, 5.41) is 0. The fraction of sp³-hybridized carbons (Fsp3) is 0.182. The number of halogens is 1. The molecular weight excluding hydrogens is 226 g/mol. The van der Waals surface area contributed by atoms with Crippen LogP contribution in [-0.4, -0.2) is 12.3 Å². The smallest absolute Gasteiger partial charge is 0.0571 e. The third kappa shape index (κ3) is 3.15. The van der Waals surface area contributed by atoms with E-state index < -0.39 is 0 Å². The molecule has 2 heteroatoms. The molecule has 0 aliphatic rings. The zero-order valence-electron chi connectivity index (χ0n) is 7.63. The molecule has 0 fully saturated rings. The molecule has 0 saturated carbocycles. The first-order valence-electron chi connectivity index (χ1n) is 4.12. The molecule has 1 nitrogen and oxygen atoms in total. The lowest BCUT2D eigenvalue weighted by Crippen LogP contribution is -1.94. The van der Waals surface area contributed by atoms with Gasteiger partial charge in [0.05, 0.1) is 6.54 Å². The highest BCUT2D eigenvalue weighted by Gasteiger charge is 1.94. The summed E-state index contributed by atoms with van der Waals surface area (Å²) in [6.45, 7) is 6.31. The summed E-state index contributed by atoms with van der Waals surface area (Å²) < 4.78 is 1.09. The zero-order valence-corrected chi connectivity index (χ0v) is 9.21. The summed E-state index contributed by atoms with van der Waals surface area (Å²) in [7, 11) is 0. The van der Waals surface area contributed by atoms with Crippen LogP contribution in [0.4, 0.5) is 0 Å². The van der Waals surface area contributed by atoms with E-state index in [-0.39, 0.29) is 0 Å². The first kappa shape index (κ1) is 10.2. The van der Waals surface area contributed by atoms with Crippen molar-refractivity contribution in [2.75, 3.05) is 6.54 Å². The number of benzene rings is 1. The van der Waals surface area contributed by atoms with Gasteiger partial charge in [0.15, 0.2) is 0 Å². The van der Waals surface area contributed by atoms with Gasteiger partial charge in [-0.05, 0) is 24.6 Å². The van der Waals surface area contributed by atoms with Crippen molar-refractivity contribution in [1.29, 1.82) is 0 Å². The maximum atomic E-state index is 4.33. The molecule has 68 valence electrons. The molecular formula is C11H12BrN. The summed E-state index contributed by atoms with van der Waals surface area (Å²) in [4.78, 5) is 4.33. The normalized spacial score (nSPS) is 11.4. The van der Waals surface area contributed by atoms with Crippen molar-refractivity contribution in [3.63, 3.8) is 0 Å². The Hall–Kier alpha value is -0.890. The molecule has 0 atom stereocenters. The van der Waals surface area contributed by atoms with Gasteiger partial charge in [0, 0.05) is 10.2 Å². The average molecular weight is 238 g/mol. The van der Waals surface area contributed by atoms with E-state index in [1.54, 1.807) is 6.08 Å². The van der Waals surface area contributed by atoms with Gasteiger partial charge in [-0.15, -0.1) is 6.58 Å². The summed E-state index contributed by atoms with van der Waals surface area (Å²) in [6.07, 6.45) is 1.79. The Bertz CT molecular complexity index is 311. The zero-order chi connectivity index (χ0) is 9.68. The monoisotopic (exact) mass is 237 g/mol. The Kier molecular flexibility index (Phi) is 3.90. The molecule has 0 saturated heterocycles. The van der Waals surface area contributed by atoms with Crippen LogP contribution in [0.3, 0.4) is 0 Å². The molecule has 1 rings (SSSR count). The van der Waals surface area contributed by atoms with Gasteiger partial charge in [0.1, 0.15) is 0 Å². The van der Waals surface area contributed by atoms with Crippen molar-refractivity contribution < 1.29 is 0 Å². The van der Waals surface area contributed by atoms with Crippen LogP contribution in [-0.2, 0) is 0 Å². The van der Waals surface area contributed by atoms with E-state index in [0.29, 0.717) is 6.54 Å². The summed E-state index contributed by atoms with van der Waals surface area (Å²) in [6, 6.07) is 8.13. The molecule has 0 unspecified atom stereocenters. The molecule has 13 heavy (non-hydrogen) atoms. The molecule has 0 bridgehead atoms. The van der Waals surface area contributed by atoms with Gasteiger partial charge in [-0.25, -0.2) is 0 Å². The standard InChI is InChI=1S/C11H12BrN/c1-3-8-13-9(2)10-4-6-11(12)7-5-10/h3-7H,1,8H2,2H3. The van der Waals surface area contributed by atoms with Gasteiger partial charge in [0.2, 0.25) is 0 Å². The number of hydrogen-bond acceptors (Lipinski definition) is 1. The molecule has 0 aliphatic carbocycles. The van der Waals surface area contributed by atoms with Gasteiger partial charge in [-0.2, -0.15) is 0 Å². The Balaban J connectivity index is 2.82. The SMILES string of the molecule is C=CCN=C(C)c1ccc(Br)cc1. The highest BCUT2D eigenvalue weighted by atomic mass is 79.9. The maximum Gasteiger partial charge on any atom is 0.0571 e. The second-order valence-electron chi connectivity index (χ2n) is 2.72. The third-order valence-electron chi connectivity index (χ3n) is 1.72. The fourth-order valence-corrected chi connectivity index (χ4v) is 1.25. The van der Waals surface area contributed by atoms with Crippen molar-refractivity contribution in [3.05, 3.63) is 47.0 Å². The lowest BCUT2D eigenvalue weighted by molar-refractivity contribution is 1.24. The van der Waals surface area contributed by atoms with Gasteiger partial charge >= 0.3 is 0 Å². The van der Waals surface area contributed by atoms with Gasteiger partial charge < -0.3 is 0 Å². The predicted molar refractivity (Wildman–Crippen MR) is 61.4 cm³/mol. The molecule has 0 aromatic heterocycles. The van der Waals surface area contributed by atoms with Crippen molar-refractivity contribution >= 4 is 21.6 Å². The fourth-order valence-electron chi connectivity index (χ4n) is 0.984. The lowest BCUT2D eigenvalue weighted by atomic mass is 10.1. The van der Waals surface area contributed by atoms with Crippen LogP contribution in [0.5, 0.6) is 0 Å². The van der Waals surface area contributed by atoms with Crippen LogP contribution in [0.15, 0.2) is 46.4 Å². The summed E-state index contributed by atoms with van der Waals surface area (Å²) in [5.74, 6) is 0. The Morgan fingerprint density at radius 3 is 2.62 bits per heavy atom. The maximum absolute atomic E-state index is 4.33. The first-order chi connectivity index (χ1) is 6.24. The minimum absolute atomic E-state index is 0.682. The van der Waals surface area contributed by atoms with Crippen molar-refractivity contribution in [3.8, 4) is 0 Å². The van der Waals surface area contributed by atoms with E-state index in [1.165, 1.54) is 0 Å². The Morgan fingerprint density at radius 1 is 1.46 bits per heavy atom. The van der Waals surface area contributed by atoms with Gasteiger partial charge in [0.25, 0.3) is 0 Å². The van der Waals surface area contributed by atoms with E-state index in [4.69, 9.17) is 0 Å². The highest BCUT2D eigenvalue weighted by Crippen LogP contribution is 2.11. The minimum Gasteiger partial charge on any atom is -0.285 e. The first-order valence-corrected chi connectivity index (χ1v) is 4.91. The summed E-state index contributed by atoms with van der Waals surface area (Å²) >= 11 is 3.39. The van der Waals surface area contributed by atoms with E-state index in [2.05, 4.69) is 27.5 Å². The summed E-state index contributed by atoms with van der Waals surface area (Å²) in [5.41, 5.74) is 2.21. The number of nitrogens with zero attached hydrogens (tertiary/aromatic N) is 1. The largest absolute Gasteiger partial charge is 0.285 e. The second kappa shape index (κ2) is 4.97. The average Bonchev–Trinajstić information content (AvgIpc) is 2.15. The van der Waals surface area contributed by atoms with Crippen molar-refractivity contribution in [2.45, 2.75) is 6.92 Å². The Labute approximate surface area is 87.3 Å². The van der Waals surface area contributed by atoms with Crippen LogP contribution < -0.4 is 0 Å². The Morgan fingerprint density at radius 2 is 2.08 bits per heavy atom.